The Bertz CT molecular complexity index is 1010. The van der Waals surface area contributed by atoms with Crippen LogP contribution >= 0.6 is 0 Å². The van der Waals surface area contributed by atoms with E-state index in [4.69, 9.17) is 19.3 Å². The number of hydrogen-bond donors (Lipinski definition) is 1. The summed E-state index contributed by atoms with van der Waals surface area (Å²) in [6.45, 7) is 1.48. The van der Waals surface area contributed by atoms with Gasteiger partial charge in [0.25, 0.3) is 0 Å². The molecule has 0 fully saturated rings. The minimum absolute atomic E-state index is 0.0268. The lowest BCUT2D eigenvalue weighted by atomic mass is 10.2. The van der Waals surface area contributed by atoms with Crippen molar-refractivity contribution in [1.29, 1.82) is 0 Å². The second kappa shape index (κ2) is 8.50. The molecule has 1 amide bonds. The number of rotatable bonds is 6. The van der Waals surface area contributed by atoms with E-state index in [1.165, 1.54) is 36.1 Å². The van der Waals surface area contributed by atoms with Crippen molar-refractivity contribution in [3.8, 4) is 11.5 Å². The third-order valence-electron chi connectivity index (χ3n) is 4.17. The molecule has 0 spiro atoms. The molecule has 154 valence electrons. The molecule has 1 aliphatic heterocycles. The van der Waals surface area contributed by atoms with Gasteiger partial charge in [-0.05, 0) is 36.4 Å². The fraction of sp³-hybridized carbons (Fsp3) is 0.263. The molecule has 2 N–H and O–H groups in total. The van der Waals surface area contributed by atoms with Crippen molar-refractivity contribution in [2.24, 2.45) is 5.14 Å². The van der Waals surface area contributed by atoms with Crippen LogP contribution in [0.3, 0.4) is 0 Å². The van der Waals surface area contributed by atoms with Crippen LogP contribution in [0, 0.1) is 0 Å². The number of hydrogen-bond acceptors (Lipinski definition) is 7. The molecule has 0 unspecified atom stereocenters. The van der Waals surface area contributed by atoms with Crippen molar-refractivity contribution in [3.63, 3.8) is 0 Å². The molecule has 0 saturated heterocycles. The highest BCUT2D eigenvalue weighted by Gasteiger charge is 2.33. The van der Waals surface area contributed by atoms with Gasteiger partial charge < -0.3 is 19.1 Å². The van der Waals surface area contributed by atoms with Gasteiger partial charge in [-0.1, -0.05) is 12.1 Å². The average molecular weight is 420 g/mol. The van der Waals surface area contributed by atoms with Gasteiger partial charge in [0.1, 0.15) is 24.7 Å². The maximum atomic E-state index is 12.3. The number of para-hydroxylation sites is 2. The lowest BCUT2D eigenvalue weighted by Crippen LogP contribution is -2.47. The first-order valence-corrected chi connectivity index (χ1v) is 10.3. The van der Waals surface area contributed by atoms with Crippen molar-refractivity contribution in [3.05, 3.63) is 48.5 Å². The number of nitrogens with two attached hydrogens (primary N) is 1. The normalized spacial score (nSPS) is 15.8. The van der Waals surface area contributed by atoms with Crippen LogP contribution in [0.15, 0.2) is 53.4 Å². The van der Waals surface area contributed by atoms with Gasteiger partial charge in [-0.25, -0.2) is 18.4 Å². The second-order valence-electron chi connectivity index (χ2n) is 6.24. The van der Waals surface area contributed by atoms with Gasteiger partial charge in [-0.2, -0.15) is 0 Å². The summed E-state index contributed by atoms with van der Waals surface area (Å²) in [5.74, 6) is 0.0184. The lowest BCUT2D eigenvalue weighted by molar-refractivity contribution is -0.152. The van der Waals surface area contributed by atoms with E-state index >= 15 is 0 Å². The number of benzene rings is 2. The van der Waals surface area contributed by atoms with Crippen LogP contribution < -0.4 is 19.5 Å². The maximum Gasteiger partial charge on any atom is 0.349 e. The third kappa shape index (κ3) is 5.04. The fourth-order valence-corrected chi connectivity index (χ4v) is 3.29. The molecule has 0 radical (unpaired) electrons. The number of anilines is 1. The zero-order chi connectivity index (χ0) is 21.0. The van der Waals surface area contributed by atoms with Crippen LogP contribution in [0.25, 0.3) is 0 Å². The molecule has 1 atom stereocenters. The van der Waals surface area contributed by atoms with E-state index in [1.807, 2.05) is 0 Å². The number of carbonyl (C=O) groups is 2. The van der Waals surface area contributed by atoms with E-state index in [9.17, 15) is 18.0 Å². The van der Waals surface area contributed by atoms with Crippen molar-refractivity contribution in [1.82, 2.24) is 0 Å². The van der Waals surface area contributed by atoms with Gasteiger partial charge in [-0.3, -0.25) is 4.79 Å². The molecule has 2 aromatic carbocycles. The summed E-state index contributed by atoms with van der Waals surface area (Å²) < 4.78 is 38.7. The minimum Gasteiger partial charge on any atom is -0.490 e. The van der Waals surface area contributed by atoms with Crippen molar-refractivity contribution >= 4 is 27.6 Å². The molecule has 0 aliphatic carbocycles. The van der Waals surface area contributed by atoms with E-state index in [0.717, 1.165) is 0 Å². The Kier molecular flexibility index (Phi) is 6.04. The van der Waals surface area contributed by atoms with Crippen LogP contribution in [0.4, 0.5) is 5.69 Å². The molecular formula is C19H20N2O7S. The Morgan fingerprint density at radius 2 is 1.83 bits per heavy atom. The number of ether oxygens (including phenoxy) is 3. The quantitative estimate of drug-likeness (QED) is 0.547. The van der Waals surface area contributed by atoms with Crippen LogP contribution in [0.2, 0.25) is 0 Å². The standard InChI is InChI=1S/C19H20N2O7S/c1-13(22)21-12-18(28-17-5-3-2-4-16(17)21)19(23)27-11-10-26-14-6-8-15(9-7-14)29(20,24)25/h2-9,18H,10-12H2,1H3,(H2,20,24,25)/t18-/m1/s1. The molecule has 0 saturated carbocycles. The fourth-order valence-electron chi connectivity index (χ4n) is 2.78. The zero-order valence-corrected chi connectivity index (χ0v) is 16.4. The predicted octanol–water partition coefficient (Wildman–Crippen LogP) is 1.07. The summed E-state index contributed by atoms with van der Waals surface area (Å²) in [5.41, 5.74) is 0.607. The first-order valence-electron chi connectivity index (χ1n) is 8.72. The van der Waals surface area contributed by atoms with Gasteiger partial charge in [0.05, 0.1) is 17.1 Å². The van der Waals surface area contributed by atoms with E-state index in [1.54, 1.807) is 24.3 Å². The molecule has 1 heterocycles. The van der Waals surface area contributed by atoms with E-state index in [0.29, 0.717) is 17.2 Å². The van der Waals surface area contributed by atoms with Crippen molar-refractivity contribution in [2.75, 3.05) is 24.7 Å². The monoisotopic (exact) mass is 420 g/mol. The van der Waals surface area contributed by atoms with E-state index < -0.39 is 22.1 Å². The largest absolute Gasteiger partial charge is 0.490 e. The highest BCUT2D eigenvalue weighted by atomic mass is 32.2. The summed E-state index contributed by atoms with van der Waals surface area (Å²) in [6.07, 6.45) is -0.942. The van der Waals surface area contributed by atoms with E-state index in [2.05, 4.69) is 0 Å². The second-order valence-corrected chi connectivity index (χ2v) is 7.80. The first-order chi connectivity index (χ1) is 13.8. The molecule has 10 heteroatoms. The van der Waals surface area contributed by atoms with Crippen LogP contribution in [0.1, 0.15) is 6.92 Å². The molecule has 9 nitrogen and oxygen atoms in total. The Morgan fingerprint density at radius 1 is 1.14 bits per heavy atom. The Morgan fingerprint density at radius 3 is 2.48 bits per heavy atom. The predicted molar refractivity (Wildman–Crippen MR) is 103 cm³/mol. The summed E-state index contributed by atoms with van der Waals surface area (Å²) in [6, 6.07) is 12.5. The van der Waals surface area contributed by atoms with Crippen LogP contribution in [-0.4, -0.2) is 46.2 Å². The molecular weight excluding hydrogens is 400 g/mol. The number of fused-ring (bicyclic) bond motifs is 1. The van der Waals surface area contributed by atoms with Gasteiger partial charge in [0, 0.05) is 6.92 Å². The smallest absolute Gasteiger partial charge is 0.349 e. The molecule has 2 aromatic rings. The highest BCUT2D eigenvalue weighted by Crippen LogP contribution is 2.33. The highest BCUT2D eigenvalue weighted by molar-refractivity contribution is 7.89. The minimum atomic E-state index is -3.77. The zero-order valence-electron chi connectivity index (χ0n) is 15.6. The molecule has 29 heavy (non-hydrogen) atoms. The number of esters is 1. The van der Waals surface area contributed by atoms with Crippen molar-refractivity contribution < 1.29 is 32.2 Å². The van der Waals surface area contributed by atoms with Gasteiger partial charge >= 0.3 is 5.97 Å². The molecule has 1 aliphatic rings. The Hall–Kier alpha value is -3.11. The summed E-state index contributed by atoms with van der Waals surface area (Å²) in [7, 11) is -3.77. The summed E-state index contributed by atoms with van der Waals surface area (Å²) >= 11 is 0. The van der Waals surface area contributed by atoms with E-state index in [-0.39, 0.29) is 30.6 Å². The van der Waals surface area contributed by atoms with Crippen LogP contribution in [-0.2, 0) is 24.3 Å². The molecule has 0 bridgehead atoms. The molecule has 0 aromatic heterocycles. The number of nitrogens with zero attached hydrogens (tertiary/aromatic N) is 1. The van der Waals surface area contributed by atoms with Gasteiger partial charge in [-0.15, -0.1) is 0 Å². The maximum absolute atomic E-state index is 12.3. The third-order valence-corrected chi connectivity index (χ3v) is 5.09. The lowest BCUT2D eigenvalue weighted by Gasteiger charge is -2.33. The Labute approximate surface area is 168 Å². The Balaban J connectivity index is 1.52. The SMILES string of the molecule is CC(=O)N1C[C@H](C(=O)OCCOc2ccc(S(N)(=O)=O)cc2)Oc2ccccc21. The topological polar surface area (TPSA) is 125 Å². The van der Waals surface area contributed by atoms with Crippen molar-refractivity contribution in [2.45, 2.75) is 17.9 Å². The van der Waals surface area contributed by atoms with Crippen LogP contribution in [0.5, 0.6) is 11.5 Å². The number of sulfonamides is 1. The van der Waals surface area contributed by atoms with Gasteiger partial charge in [0.2, 0.25) is 22.0 Å². The summed E-state index contributed by atoms with van der Waals surface area (Å²) in [4.78, 5) is 25.6. The number of carbonyl (C=O) groups excluding carboxylic acids is 2. The molecule has 3 rings (SSSR count). The van der Waals surface area contributed by atoms with Gasteiger partial charge in [0.15, 0.2) is 0 Å². The number of primary sulfonamides is 1. The number of amides is 1. The summed E-state index contributed by atoms with van der Waals surface area (Å²) in [5, 5.41) is 5.03. The average Bonchev–Trinajstić information content (AvgIpc) is 2.69. The first kappa shape index (κ1) is 20.6.